The molecule has 0 spiro atoms. The molecule has 1 saturated carbocycles. The molecule has 1 fully saturated rings. The summed E-state index contributed by atoms with van der Waals surface area (Å²) in [5, 5.41) is 14.1. The van der Waals surface area contributed by atoms with E-state index in [0.29, 0.717) is 18.2 Å². The van der Waals surface area contributed by atoms with Gasteiger partial charge in [0.25, 0.3) is 5.69 Å². The van der Waals surface area contributed by atoms with Crippen LogP contribution in [0.5, 0.6) is 0 Å². The van der Waals surface area contributed by atoms with Gasteiger partial charge in [0.2, 0.25) is 0 Å². The summed E-state index contributed by atoms with van der Waals surface area (Å²) in [7, 11) is 0. The Morgan fingerprint density at radius 1 is 1.40 bits per heavy atom. The molecule has 2 unspecified atom stereocenters. The number of hydrogen-bond acceptors (Lipinski definition) is 3. The Bertz CT molecular complexity index is 479. The van der Waals surface area contributed by atoms with Crippen LogP contribution in [0.3, 0.4) is 0 Å². The summed E-state index contributed by atoms with van der Waals surface area (Å²) in [5.41, 5.74) is 0.451. The van der Waals surface area contributed by atoms with E-state index >= 15 is 0 Å². The summed E-state index contributed by atoms with van der Waals surface area (Å²) >= 11 is 0. The zero-order valence-electron chi connectivity index (χ0n) is 11.8. The van der Waals surface area contributed by atoms with E-state index in [9.17, 15) is 14.5 Å². The molecular formula is C15H21FN2O2. The third kappa shape index (κ3) is 4.00. The molecule has 110 valence electrons. The first-order valence-corrected chi connectivity index (χ1v) is 7.25. The number of non-ortho nitro benzene ring substituents is 1. The fraction of sp³-hybridized carbons (Fsp3) is 0.600. The van der Waals surface area contributed by atoms with E-state index in [1.807, 2.05) is 0 Å². The average Bonchev–Trinajstić information content (AvgIpc) is 2.44. The first-order valence-electron chi connectivity index (χ1n) is 7.25. The van der Waals surface area contributed by atoms with Crippen molar-refractivity contribution in [3.8, 4) is 0 Å². The standard InChI is InChI=1S/C15H21FN2O2/c1-2-11-4-3-5-14(7-11)17-10-12-6-13(16)9-15(8-12)18(19)20/h6,8-9,11,14,17H,2-5,7,10H2,1H3. The normalized spacial score (nSPS) is 22.7. The fourth-order valence-electron chi connectivity index (χ4n) is 2.95. The maximum Gasteiger partial charge on any atom is 0.272 e. The lowest BCUT2D eigenvalue weighted by Crippen LogP contribution is -2.33. The van der Waals surface area contributed by atoms with E-state index in [4.69, 9.17) is 0 Å². The van der Waals surface area contributed by atoms with Gasteiger partial charge < -0.3 is 5.32 Å². The minimum Gasteiger partial charge on any atom is -0.310 e. The lowest BCUT2D eigenvalue weighted by molar-refractivity contribution is -0.385. The molecule has 1 aromatic rings. The molecule has 1 aromatic carbocycles. The highest BCUT2D eigenvalue weighted by Gasteiger charge is 2.20. The molecule has 0 amide bonds. The quantitative estimate of drug-likeness (QED) is 0.659. The summed E-state index contributed by atoms with van der Waals surface area (Å²) in [5.74, 6) is 0.217. The van der Waals surface area contributed by atoms with Crippen molar-refractivity contribution in [2.45, 2.75) is 51.6 Å². The van der Waals surface area contributed by atoms with Crippen molar-refractivity contribution >= 4 is 5.69 Å². The van der Waals surface area contributed by atoms with Crippen LogP contribution >= 0.6 is 0 Å². The van der Waals surface area contributed by atoms with Crippen LogP contribution in [0.4, 0.5) is 10.1 Å². The summed E-state index contributed by atoms with van der Waals surface area (Å²) in [6.07, 6.45) is 5.99. The first kappa shape index (κ1) is 14.9. The number of nitro groups is 1. The summed E-state index contributed by atoms with van der Waals surface area (Å²) < 4.78 is 13.3. The Morgan fingerprint density at radius 3 is 2.90 bits per heavy atom. The molecule has 2 atom stereocenters. The van der Waals surface area contributed by atoms with Crippen LogP contribution in [0.25, 0.3) is 0 Å². The van der Waals surface area contributed by atoms with E-state index in [2.05, 4.69) is 12.2 Å². The Morgan fingerprint density at radius 2 is 2.20 bits per heavy atom. The second-order valence-electron chi connectivity index (χ2n) is 5.59. The topological polar surface area (TPSA) is 55.2 Å². The number of nitrogens with one attached hydrogen (secondary N) is 1. The molecule has 0 aliphatic heterocycles. The molecule has 0 heterocycles. The molecule has 1 aliphatic carbocycles. The summed E-state index contributed by atoms with van der Waals surface area (Å²) in [4.78, 5) is 10.2. The number of benzene rings is 1. The Kier molecular flexibility index (Phi) is 5.06. The third-order valence-electron chi connectivity index (χ3n) is 4.11. The van der Waals surface area contributed by atoms with E-state index in [-0.39, 0.29) is 5.69 Å². The summed E-state index contributed by atoms with van der Waals surface area (Å²) in [6, 6.07) is 4.20. The smallest absolute Gasteiger partial charge is 0.272 e. The minimum absolute atomic E-state index is 0.183. The van der Waals surface area contributed by atoms with E-state index in [0.717, 1.165) is 24.8 Å². The monoisotopic (exact) mass is 280 g/mol. The molecule has 0 aromatic heterocycles. The molecular weight excluding hydrogens is 259 g/mol. The van der Waals surface area contributed by atoms with Crippen LogP contribution < -0.4 is 5.32 Å². The molecule has 4 nitrogen and oxygen atoms in total. The fourth-order valence-corrected chi connectivity index (χ4v) is 2.95. The van der Waals surface area contributed by atoms with Gasteiger partial charge in [0.1, 0.15) is 5.82 Å². The maximum atomic E-state index is 13.3. The molecule has 0 bridgehead atoms. The van der Waals surface area contributed by atoms with Gasteiger partial charge in [0.15, 0.2) is 0 Å². The SMILES string of the molecule is CCC1CCCC(NCc2cc(F)cc([N+](=O)[O-])c2)C1. The van der Waals surface area contributed by atoms with Crippen molar-refractivity contribution in [1.29, 1.82) is 0 Å². The zero-order valence-corrected chi connectivity index (χ0v) is 11.8. The number of rotatable bonds is 5. The summed E-state index contributed by atoms with van der Waals surface area (Å²) in [6.45, 7) is 2.70. The van der Waals surface area contributed by atoms with Gasteiger partial charge in [-0.3, -0.25) is 10.1 Å². The zero-order chi connectivity index (χ0) is 14.5. The van der Waals surface area contributed by atoms with Crippen molar-refractivity contribution in [2.24, 2.45) is 5.92 Å². The lowest BCUT2D eigenvalue weighted by atomic mass is 9.84. The van der Waals surface area contributed by atoms with Crippen LogP contribution in [0.2, 0.25) is 0 Å². The van der Waals surface area contributed by atoms with Crippen LogP contribution in [-0.4, -0.2) is 11.0 Å². The molecule has 20 heavy (non-hydrogen) atoms. The predicted octanol–water partition coefficient (Wildman–Crippen LogP) is 3.79. The van der Waals surface area contributed by atoms with Crippen LogP contribution in [0.15, 0.2) is 18.2 Å². The van der Waals surface area contributed by atoms with E-state index in [1.54, 1.807) is 0 Å². The average molecular weight is 280 g/mol. The van der Waals surface area contributed by atoms with Gasteiger partial charge >= 0.3 is 0 Å². The van der Waals surface area contributed by atoms with Gasteiger partial charge in [-0.1, -0.05) is 26.2 Å². The Hall–Kier alpha value is -1.49. The molecule has 5 heteroatoms. The van der Waals surface area contributed by atoms with Gasteiger partial charge in [-0.2, -0.15) is 0 Å². The molecule has 1 N–H and O–H groups in total. The van der Waals surface area contributed by atoms with Crippen molar-refractivity contribution in [3.63, 3.8) is 0 Å². The third-order valence-corrected chi connectivity index (χ3v) is 4.11. The highest BCUT2D eigenvalue weighted by atomic mass is 19.1. The van der Waals surface area contributed by atoms with Gasteiger partial charge in [0.05, 0.1) is 11.0 Å². The number of nitrogens with zero attached hydrogens (tertiary/aromatic N) is 1. The molecule has 2 rings (SSSR count). The lowest BCUT2D eigenvalue weighted by Gasteiger charge is -2.29. The molecule has 1 aliphatic rings. The largest absolute Gasteiger partial charge is 0.310 e. The number of nitro benzene ring substituents is 1. The van der Waals surface area contributed by atoms with Gasteiger partial charge in [0, 0.05) is 18.7 Å². The second-order valence-corrected chi connectivity index (χ2v) is 5.59. The van der Waals surface area contributed by atoms with E-state index in [1.165, 1.54) is 31.4 Å². The Balaban J connectivity index is 1.95. The molecule has 0 saturated heterocycles. The molecule has 0 radical (unpaired) electrons. The predicted molar refractivity (Wildman–Crippen MR) is 75.9 cm³/mol. The number of hydrogen-bond donors (Lipinski definition) is 1. The van der Waals surface area contributed by atoms with E-state index < -0.39 is 10.7 Å². The number of halogens is 1. The highest BCUT2D eigenvalue weighted by Crippen LogP contribution is 2.27. The van der Waals surface area contributed by atoms with Crippen LogP contribution in [-0.2, 0) is 6.54 Å². The van der Waals surface area contributed by atoms with Gasteiger partial charge in [-0.15, -0.1) is 0 Å². The van der Waals surface area contributed by atoms with Crippen LogP contribution in [0, 0.1) is 21.8 Å². The van der Waals surface area contributed by atoms with Crippen molar-refractivity contribution < 1.29 is 9.31 Å². The highest BCUT2D eigenvalue weighted by molar-refractivity contribution is 5.35. The van der Waals surface area contributed by atoms with Crippen molar-refractivity contribution in [2.75, 3.05) is 0 Å². The van der Waals surface area contributed by atoms with Gasteiger partial charge in [-0.05, 0) is 30.4 Å². The maximum absolute atomic E-state index is 13.3. The van der Waals surface area contributed by atoms with Crippen molar-refractivity contribution in [3.05, 3.63) is 39.7 Å². The first-order chi connectivity index (χ1) is 9.58. The van der Waals surface area contributed by atoms with Crippen LogP contribution in [0.1, 0.15) is 44.6 Å². The van der Waals surface area contributed by atoms with Gasteiger partial charge in [-0.25, -0.2) is 4.39 Å². The minimum atomic E-state index is -0.555. The second kappa shape index (κ2) is 6.79. The van der Waals surface area contributed by atoms with Crippen molar-refractivity contribution in [1.82, 2.24) is 5.32 Å². The Labute approximate surface area is 118 Å².